The molecular formula is C13H19N5O8S. The molecule has 2 atom stereocenters. The van der Waals surface area contributed by atoms with E-state index in [0.29, 0.717) is 18.2 Å². The van der Waals surface area contributed by atoms with E-state index >= 15 is 0 Å². The van der Waals surface area contributed by atoms with Gasteiger partial charge in [-0.05, 0) is 6.42 Å². The topological polar surface area (TPSA) is 167 Å². The smallest absolute Gasteiger partial charge is 0.380 e. The van der Waals surface area contributed by atoms with Crippen LogP contribution >= 0.6 is 0 Å². The first-order valence-electron chi connectivity index (χ1n) is 8.35. The molecule has 4 fully saturated rings. The van der Waals surface area contributed by atoms with Gasteiger partial charge in [0.2, 0.25) is 5.91 Å². The van der Waals surface area contributed by atoms with Crippen molar-refractivity contribution in [2.24, 2.45) is 11.3 Å². The molecule has 13 nitrogen and oxygen atoms in total. The zero-order valence-corrected chi connectivity index (χ0v) is 14.9. The number of piperidine rings is 1. The molecule has 0 radical (unpaired) electrons. The molecule has 4 amide bonds. The number of hydrogen-bond acceptors (Lipinski definition) is 8. The normalized spacial score (nSPS) is 29.3. The van der Waals surface area contributed by atoms with E-state index in [4.69, 9.17) is 9.29 Å². The number of fused-ring (bicyclic) bond motifs is 3. The van der Waals surface area contributed by atoms with Gasteiger partial charge in [0.05, 0.1) is 25.2 Å². The maximum atomic E-state index is 12.6. The third kappa shape index (κ3) is 3.12. The van der Waals surface area contributed by atoms with Crippen molar-refractivity contribution in [3.8, 4) is 0 Å². The van der Waals surface area contributed by atoms with Crippen LogP contribution in [0.3, 0.4) is 0 Å². The molecule has 2 bridgehead atoms. The van der Waals surface area contributed by atoms with Gasteiger partial charge >= 0.3 is 16.4 Å². The van der Waals surface area contributed by atoms with Gasteiger partial charge in [0.25, 0.3) is 5.91 Å². The second-order valence-corrected chi connectivity index (χ2v) is 8.19. The van der Waals surface area contributed by atoms with Crippen LogP contribution < -0.4 is 16.2 Å². The molecule has 2 unspecified atom stereocenters. The summed E-state index contributed by atoms with van der Waals surface area (Å²) in [7, 11) is -4.90. The van der Waals surface area contributed by atoms with Gasteiger partial charge in [0, 0.05) is 25.0 Å². The quantitative estimate of drug-likeness (QED) is 0.281. The number of ether oxygens (including phenoxy) is 1. The van der Waals surface area contributed by atoms with E-state index in [2.05, 4.69) is 20.5 Å². The highest BCUT2D eigenvalue weighted by Gasteiger charge is 2.63. The number of hydrazine groups is 1. The minimum atomic E-state index is -4.90. The average molecular weight is 405 g/mol. The van der Waals surface area contributed by atoms with Gasteiger partial charge in [-0.15, -0.1) is 4.28 Å². The Morgan fingerprint density at radius 1 is 1.26 bits per heavy atom. The highest BCUT2D eigenvalue weighted by Crippen LogP contribution is 2.47. The van der Waals surface area contributed by atoms with Crippen molar-refractivity contribution in [3.63, 3.8) is 0 Å². The molecule has 4 heterocycles. The van der Waals surface area contributed by atoms with Crippen LogP contribution in [0.5, 0.6) is 0 Å². The van der Waals surface area contributed by atoms with Crippen LogP contribution in [0, 0.1) is 11.3 Å². The Morgan fingerprint density at radius 3 is 2.44 bits per heavy atom. The molecule has 0 aromatic rings. The van der Waals surface area contributed by atoms with Crippen LogP contribution in [-0.2, 0) is 29.0 Å². The van der Waals surface area contributed by atoms with Crippen molar-refractivity contribution in [3.05, 3.63) is 0 Å². The second-order valence-electron chi connectivity index (χ2n) is 7.19. The SMILES string of the molecule is O=C(NNC(=O)C1CC2(COC2)C2CN1C(=O)N2OS(=O)(=O)O)C1CNC1. The van der Waals surface area contributed by atoms with Crippen LogP contribution in [0.2, 0.25) is 0 Å². The standard InChI is InChI=1S/C13H19N5O8S/c19-10(7-2-14-3-7)15-16-11(20)8-1-13(5-25-6-13)9-4-17(8)12(21)18(9)26-27(22,23)24/h7-9,14H,1-6H2,(H,15,19)(H,16,20)(H,22,23,24). The molecule has 4 aliphatic rings. The molecule has 4 rings (SSSR count). The number of hydroxylamine groups is 2. The molecule has 27 heavy (non-hydrogen) atoms. The summed E-state index contributed by atoms with van der Waals surface area (Å²) in [5.74, 6) is -1.15. The largest absolute Gasteiger partial charge is 0.418 e. The highest BCUT2D eigenvalue weighted by atomic mass is 32.3. The summed E-state index contributed by atoms with van der Waals surface area (Å²) in [6.45, 7) is 1.53. The average Bonchev–Trinajstić information content (AvgIpc) is 2.75. The number of carbonyl (C=O) groups excluding carboxylic acids is 3. The number of amides is 4. The lowest BCUT2D eigenvalue weighted by atomic mass is 9.71. The zero-order chi connectivity index (χ0) is 19.4. The van der Waals surface area contributed by atoms with Gasteiger partial charge < -0.3 is 15.0 Å². The van der Waals surface area contributed by atoms with Gasteiger partial charge in [0.15, 0.2) is 0 Å². The van der Waals surface area contributed by atoms with Gasteiger partial charge in [0.1, 0.15) is 6.04 Å². The van der Waals surface area contributed by atoms with Crippen molar-refractivity contribution >= 4 is 28.2 Å². The van der Waals surface area contributed by atoms with Crippen LogP contribution in [0.4, 0.5) is 4.79 Å². The fourth-order valence-electron chi connectivity index (χ4n) is 3.81. The Balaban J connectivity index is 1.48. The first-order valence-corrected chi connectivity index (χ1v) is 9.72. The fraction of sp³-hybridized carbons (Fsp3) is 0.769. The second kappa shape index (κ2) is 6.27. The van der Waals surface area contributed by atoms with Crippen LogP contribution in [0.1, 0.15) is 6.42 Å². The number of urea groups is 1. The number of hydrogen-bond donors (Lipinski definition) is 4. The minimum absolute atomic E-state index is 0.0380. The van der Waals surface area contributed by atoms with Crippen molar-refractivity contribution in [2.45, 2.75) is 18.5 Å². The summed E-state index contributed by atoms with van der Waals surface area (Å²) in [5, 5.41) is 3.53. The Morgan fingerprint density at radius 2 is 1.93 bits per heavy atom. The van der Waals surface area contributed by atoms with E-state index in [9.17, 15) is 22.8 Å². The number of nitrogens with zero attached hydrogens (tertiary/aromatic N) is 2. The first-order chi connectivity index (χ1) is 12.7. The highest BCUT2D eigenvalue weighted by molar-refractivity contribution is 7.80. The van der Waals surface area contributed by atoms with E-state index in [1.807, 2.05) is 0 Å². The summed E-state index contributed by atoms with van der Waals surface area (Å²) in [5.41, 5.74) is 4.00. The lowest BCUT2D eigenvalue weighted by Crippen LogP contribution is -2.64. The van der Waals surface area contributed by atoms with E-state index in [1.165, 1.54) is 0 Å². The summed E-state index contributed by atoms with van der Waals surface area (Å²) in [6.07, 6.45) is 0.210. The maximum absolute atomic E-state index is 12.6. The molecular weight excluding hydrogens is 386 g/mol. The van der Waals surface area contributed by atoms with Crippen LogP contribution in [0.15, 0.2) is 0 Å². The Bertz CT molecular complexity index is 780. The molecule has 4 N–H and O–H groups in total. The maximum Gasteiger partial charge on any atom is 0.418 e. The molecule has 4 saturated heterocycles. The van der Waals surface area contributed by atoms with E-state index in [0.717, 1.165) is 4.90 Å². The number of nitrogens with one attached hydrogen (secondary N) is 3. The fourth-order valence-corrected chi connectivity index (χ4v) is 4.18. The monoisotopic (exact) mass is 405 g/mol. The molecule has 150 valence electrons. The van der Waals surface area contributed by atoms with E-state index < -0.39 is 39.8 Å². The predicted octanol–water partition coefficient (Wildman–Crippen LogP) is -3.02. The van der Waals surface area contributed by atoms with Crippen molar-refractivity contribution in [1.82, 2.24) is 26.1 Å². The van der Waals surface area contributed by atoms with Gasteiger partial charge in [-0.3, -0.25) is 25.0 Å². The predicted molar refractivity (Wildman–Crippen MR) is 84.7 cm³/mol. The van der Waals surface area contributed by atoms with Crippen LogP contribution in [0.25, 0.3) is 0 Å². The van der Waals surface area contributed by atoms with Crippen LogP contribution in [-0.4, -0.2) is 85.7 Å². The Labute approximate surface area is 154 Å². The van der Waals surface area contributed by atoms with Crippen molar-refractivity contribution in [1.29, 1.82) is 0 Å². The molecule has 0 aromatic carbocycles. The van der Waals surface area contributed by atoms with Gasteiger partial charge in [-0.25, -0.2) is 4.79 Å². The summed E-state index contributed by atoms with van der Waals surface area (Å²) in [6, 6.07) is -2.47. The van der Waals surface area contributed by atoms with Crippen molar-refractivity contribution in [2.75, 3.05) is 32.8 Å². The van der Waals surface area contributed by atoms with E-state index in [-0.39, 0.29) is 38.0 Å². The third-order valence-corrected chi connectivity index (χ3v) is 5.84. The van der Waals surface area contributed by atoms with Crippen molar-refractivity contribution < 1.29 is 36.4 Å². The van der Waals surface area contributed by atoms with E-state index in [1.54, 1.807) is 0 Å². The summed E-state index contributed by atoms with van der Waals surface area (Å²) in [4.78, 5) is 38.1. The first kappa shape index (κ1) is 18.4. The molecule has 1 spiro atoms. The molecule has 0 aromatic heterocycles. The zero-order valence-electron chi connectivity index (χ0n) is 14.1. The summed E-state index contributed by atoms with van der Waals surface area (Å²) < 4.78 is 40.8. The molecule has 4 aliphatic heterocycles. The molecule has 0 aliphatic carbocycles. The Kier molecular flexibility index (Phi) is 4.27. The number of rotatable bonds is 4. The lowest BCUT2D eigenvalue weighted by molar-refractivity contribution is -0.193. The lowest BCUT2D eigenvalue weighted by Gasteiger charge is -2.50. The Hall–Kier alpha value is -2.00. The van der Waals surface area contributed by atoms with Gasteiger partial charge in [-0.1, -0.05) is 0 Å². The minimum Gasteiger partial charge on any atom is -0.380 e. The summed E-state index contributed by atoms with van der Waals surface area (Å²) >= 11 is 0. The number of carbonyl (C=O) groups is 3. The molecule has 0 saturated carbocycles. The van der Waals surface area contributed by atoms with Gasteiger partial charge in [-0.2, -0.15) is 13.5 Å². The third-order valence-electron chi connectivity index (χ3n) is 5.49. The molecule has 14 heteroatoms.